The molecule has 0 aromatic heterocycles. The molecular weight excluding hydrogens is 320 g/mol. The van der Waals surface area contributed by atoms with Gasteiger partial charge in [0, 0.05) is 18.3 Å². The summed E-state index contributed by atoms with van der Waals surface area (Å²) in [5, 5.41) is 22.2. The summed E-state index contributed by atoms with van der Waals surface area (Å²) in [6, 6.07) is -1.94. The lowest BCUT2D eigenvalue weighted by atomic mass is 10.1. The maximum absolute atomic E-state index is 11.6. The average molecular weight is 344 g/mol. The predicted molar refractivity (Wildman–Crippen MR) is 86.8 cm³/mol. The third-order valence-corrected chi connectivity index (χ3v) is 2.90. The fraction of sp³-hybridized carbons (Fsp3) is 0.538. The van der Waals surface area contributed by atoms with E-state index in [1.807, 2.05) is 0 Å². The van der Waals surface area contributed by atoms with Crippen LogP contribution in [0.4, 0.5) is 0 Å². The first-order valence-electron chi connectivity index (χ1n) is 7.11. The van der Waals surface area contributed by atoms with E-state index in [1.54, 1.807) is 0 Å². The number of nitrogens with one attached hydrogen (secondary N) is 2. The van der Waals surface area contributed by atoms with Crippen molar-refractivity contribution in [2.75, 3.05) is 13.1 Å². The molecule has 0 aliphatic carbocycles. The lowest BCUT2D eigenvalue weighted by Crippen LogP contribution is -2.46. The van der Waals surface area contributed by atoms with Crippen molar-refractivity contribution in [1.29, 1.82) is 0 Å². The molecule has 24 heavy (non-hydrogen) atoms. The van der Waals surface area contributed by atoms with Crippen LogP contribution in [0.3, 0.4) is 0 Å². The molecule has 11 heteroatoms. The standard InChI is InChI=1S/C13H24N6O5/c1-7(8(14)3-2-4-17-13(15)16)18-6-10(20)19-9(12(23)24)5-11(21)22/h8-9,18H,1-6,14H2,(H,19,20)(H,21,22)(H,23,24)(H4,15,16,17). The van der Waals surface area contributed by atoms with E-state index in [-0.39, 0.29) is 12.5 Å². The molecule has 10 N–H and O–H groups in total. The molecule has 2 unspecified atom stereocenters. The average Bonchev–Trinajstić information content (AvgIpc) is 2.47. The molecule has 0 rings (SSSR count). The summed E-state index contributed by atoms with van der Waals surface area (Å²) in [7, 11) is 0. The van der Waals surface area contributed by atoms with Crippen LogP contribution in [-0.4, -0.2) is 59.2 Å². The summed E-state index contributed by atoms with van der Waals surface area (Å²) in [6.45, 7) is 3.83. The largest absolute Gasteiger partial charge is 0.481 e. The van der Waals surface area contributed by atoms with Gasteiger partial charge in [-0.3, -0.25) is 14.6 Å². The highest BCUT2D eigenvalue weighted by Gasteiger charge is 2.22. The number of carboxylic acids is 2. The van der Waals surface area contributed by atoms with Crippen molar-refractivity contribution < 1.29 is 24.6 Å². The number of carboxylic acid groups (broad SMARTS) is 2. The second-order valence-corrected chi connectivity index (χ2v) is 4.99. The smallest absolute Gasteiger partial charge is 0.326 e. The van der Waals surface area contributed by atoms with Crippen LogP contribution in [0, 0.1) is 0 Å². The van der Waals surface area contributed by atoms with Crippen LogP contribution in [0.1, 0.15) is 19.3 Å². The van der Waals surface area contributed by atoms with E-state index in [9.17, 15) is 14.4 Å². The van der Waals surface area contributed by atoms with E-state index in [2.05, 4.69) is 22.2 Å². The first-order chi connectivity index (χ1) is 11.1. The maximum atomic E-state index is 11.6. The van der Waals surface area contributed by atoms with E-state index in [4.69, 9.17) is 27.4 Å². The van der Waals surface area contributed by atoms with Crippen molar-refractivity contribution in [3.8, 4) is 0 Å². The summed E-state index contributed by atoms with van der Waals surface area (Å²) >= 11 is 0. The van der Waals surface area contributed by atoms with Crippen LogP contribution in [0.5, 0.6) is 0 Å². The number of amides is 1. The van der Waals surface area contributed by atoms with Crippen LogP contribution in [0.25, 0.3) is 0 Å². The van der Waals surface area contributed by atoms with Gasteiger partial charge in [-0.05, 0) is 12.8 Å². The zero-order valence-corrected chi connectivity index (χ0v) is 13.2. The minimum absolute atomic E-state index is 0.00783. The predicted octanol–water partition coefficient (Wildman–Crippen LogP) is -2.49. The molecule has 0 fully saturated rings. The molecule has 0 saturated carbocycles. The Labute approximate surface area is 139 Å². The Morgan fingerprint density at radius 2 is 1.83 bits per heavy atom. The lowest BCUT2D eigenvalue weighted by molar-refractivity contribution is -0.147. The number of guanidine groups is 1. The second-order valence-electron chi connectivity index (χ2n) is 4.99. The quantitative estimate of drug-likeness (QED) is 0.113. The summed E-state index contributed by atoms with van der Waals surface area (Å²) < 4.78 is 0. The zero-order valence-electron chi connectivity index (χ0n) is 13.2. The first-order valence-corrected chi connectivity index (χ1v) is 7.11. The Hall–Kier alpha value is -2.82. The van der Waals surface area contributed by atoms with Gasteiger partial charge in [0.25, 0.3) is 0 Å². The normalized spacial score (nSPS) is 12.5. The SMILES string of the molecule is C=C(NCC(=O)NC(CC(=O)O)C(=O)O)C(N)CCCN=C(N)N. The highest BCUT2D eigenvalue weighted by Crippen LogP contribution is 2.02. The van der Waals surface area contributed by atoms with Crippen molar-refractivity contribution in [2.45, 2.75) is 31.3 Å². The van der Waals surface area contributed by atoms with Crippen LogP contribution >= 0.6 is 0 Å². The van der Waals surface area contributed by atoms with Crippen LogP contribution < -0.4 is 27.8 Å². The fourth-order valence-corrected chi connectivity index (χ4v) is 1.64. The number of hydrogen-bond donors (Lipinski definition) is 7. The second kappa shape index (κ2) is 10.8. The van der Waals surface area contributed by atoms with Gasteiger partial charge < -0.3 is 38.0 Å². The minimum Gasteiger partial charge on any atom is -0.481 e. The van der Waals surface area contributed by atoms with E-state index < -0.39 is 36.4 Å². The summed E-state index contributed by atoms with van der Waals surface area (Å²) in [4.78, 5) is 36.8. The number of rotatable bonds is 12. The van der Waals surface area contributed by atoms with Gasteiger partial charge in [0.2, 0.25) is 5.91 Å². The van der Waals surface area contributed by atoms with Crippen molar-refractivity contribution in [3.63, 3.8) is 0 Å². The van der Waals surface area contributed by atoms with Gasteiger partial charge in [0.05, 0.1) is 13.0 Å². The molecule has 0 aliphatic rings. The Morgan fingerprint density at radius 3 is 2.33 bits per heavy atom. The van der Waals surface area contributed by atoms with Crippen molar-refractivity contribution in [3.05, 3.63) is 12.3 Å². The third-order valence-electron chi connectivity index (χ3n) is 2.90. The molecule has 0 bridgehead atoms. The molecule has 0 radical (unpaired) electrons. The molecule has 0 saturated heterocycles. The Kier molecular flexibility index (Phi) is 9.56. The molecule has 2 atom stereocenters. The molecule has 0 aromatic rings. The summed E-state index contributed by atoms with van der Waals surface area (Å²) in [5.74, 6) is -3.45. The number of aliphatic carboxylic acids is 2. The minimum atomic E-state index is -1.50. The Bertz CT molecular complexity index is 503. The van der Waals surface area contributed by atoms with Gasteiger partial charge in [0.15, 0.2) is 5.96 Å². The van der Waals surface area contributed by atoms with E-state index in [0.29, 0.717) is 25.1 Å². The molecule has 1 amide bonds. The van der Waals surface area contributed by atoms with Gasteiger partial charge in [0.1, 0.15) is 6.04 Å². The highest BCUT2D eigenvalue weighted by atomic mass is 16.4. The number of nitrogens with two attached hydrogens (primary N) is 3. The Balaban J connectivity index is 4.19. The lowest BCUT2D eigenvalue weighted by Gasteiger charge is -2.17. The van der Waals surface area contributed by atoms with Gasteiger partial charge in [-0.1, -0.05) is 6.58 Å². The van der Waals surface area contributed by atoms with Crippen LogP contribution in [-0.2, 0) is 14.4 Å². The van der Waals surface area contributed by atoms with E-state index >= 15 is 0 Å². The summed E-state index contributed by atoms with van der Waals surface area (Å²) in [6.07, 6.45) is 0.430. The van der Waals surface area contributed by atoms with Crippen molar-refractivity contribution in [1.82, 2.24) is 10.6 Å². The first kappa shape index (κ1) is 21.2. The van der Waals surface area contributed by atoms with Gasteiger partial charge in [-0.15, -0.1) is 0 Å². The Morgan fingerprint density at radius 1 is 1.21 bits per heavy atom. The maximum Gasteiger partial charge on any atom is 0.326 e. The van der Waals surface area contributed by atoms with E-state index in [0.717, 1.165) is 0 Å². The molecule has 136 valence electrons. The molecule has 0 spiro atoms. The number of nitrogens with zero attached hydrogens (tertiary/aromatic N) is 1. The topological polar surface area (TPSA) is 206 Å². The molecular formula is C13H24N6O5. The highest BCUT2D eigenvalue weighted by molar-refractivity contribution is 5.87. The van der Waals surface area contributed by atoms with Gasteiger partial charge in [-0.25, -0.2) is 4.79 Å². The van der Waals surface area contributed by atoms with E-state index in [1.165, 1.54) is 0 Å². The van der Waals surface area contributed by atoms with Crippen LogP contribution in [0.15, 0.2) is 17.3 Å². The number of carbonyl (C=O) groups excluding carboxylic acids is 1. The van der Waals surface area contributed by atoms with Gasteiger partial charge >= 0.3 is 11.9 Å². The third kappa shape index (κ3) is 10.00. The van der Waals surface area contributed by atoms with Crippen molar-refractivity contribution >= 4 is 23.8 Å². The monoisotopic (exact) mass is 344 g/mol. The molecule has 0 heterocycles. The number of carbonyl (C=O) groups is 3. The molecule has 0 aromatic carbocycles. The molecule has 11 nitrogen and oxygen atoms in total. The number of aliphatic imine (C=N–C) groups is 1. The molecule has 0 aliphatic heterocycles. The van der Waals surface area contributed by atoms with Crippen LogP contribution in [0.2, 0.25) is 0 Å². The van der Waals surface area contributed by atoms with Crippen molar-refractivity contribution in [2.24, 2.45) is 22.2 Å². The summed E-state index contributed by atoms with van der Waals surface area (Å²) in [5.41, 5.74) is 16.6. The zero-order chi connectivity index (χ0) is 18.7. The number of hydrogen-bond acceptors (Lipinski definition) is 6. The van der Waals surface area contributed by atoms with Gasteiger partial charge in [-0.2, -0.15) is 0 Å². The fourth-order valence-electron chi connectivity index (χ4n) is 1.64.